The summed E-state index contributed by atoms with van der Waals surface area (Å²) in [6, 6.07) is 3.10. The molecule has 0 radical (unpaired) electrons. The first kappa shape index (κ1) is 14.0. The second-order valence-electron chi connectivity index (χ2n) is 3.62. The topological polar surface area (TPSA) is 78.4 Å². The molecule has 6 heteroatoms. The summed E-state index contributed by atoms with van der Waals surface area (Å²) in [6.45, 7) is 2.44. The van der Waals surface area contributed by atoms with Gasteiger partial charge in [0, 0.05) is 19.5 Å². The summed E-state index contributed by atoms with van der Waals surface area (Å²) < 4.78 is 12.9. The van der Waals surface area contributed by atoms with Crippen LogP contribution in [0.1, 0.15) is 23.7 Å². The molecule has 1 aromatic carbocycles. The van der Waals surface area contributed by atoms with Crippen molar-refractivity contribution in [3.8, 4) is 5.75 Å². The molecule has 5 nitrogen and oxygen atoms in total. The Balaban J connectivity index is 2.50. The fraction of sp³-hybridized carbons (Fsp3) is 0.333. The Morgan fingerprint density at radius 3 is 2.72 bits per heavy atom. The van der Waals surface area contributed by atoms with Gasteiger partial charge in [0.2, 0.25) is 5.91 Å². The van der Waals surface area contributed by atoms with E-state index in [1.165, 1.54) is 0 Å². The fourth-order valence-electron chi connectivity index (χ4n) is 1.36. The van der Waals surface area contributed by atoms with Gasteiger partial charge >= 0.3 is 0 Å². The number of aromatic hydroxyl groups is 1. The molecule has 3 N–H and O–H groups in total. The van der Waals surface area contributed by atoms with E-state index in [1.807, 2.05) is 0 Å². The van der Waals surface area contributed by atoms with Gasteiger partial charge in [-0.25, -0.2) is 4.39 Å². The van der Waals surface area contributed by atoms with E-state index in [4.69, 9.17) is 0 Å². The van der Waals surface area contributed by atoms with E-state index in [0.717, 1.165) is 18.2 Å². The lowest BCUT2D eigenvalue weighted by atomic mass is 10.2. The zero-order valence-corrected chi connectivity index (χ0v) is 10.00. The summed E-state index contributed by atoms with van der Waals surface area (Å²) in [5, 5.41) is 14.4. The summed E-state index contributed by atoms with van der Waals surface area (Å²) >= 11 is 0. The zero-order valence-electron chi connectivity index (χ0n) is 10.00. The summed E-state index contributed by atoms with van der Waals surface area (Å²) in [7, 11) is 0. The zero-order chi connectivity index (χ0) is 13.5. The van der Waals surface area contributed by atoms with Crippen molar-refractivity contribution in [1.29, 1.82) is 0 Å². The number of hydrogen-bond donors (Lipinski definition) is 3. The van der Waals surface area contributed by atoms with Crippen LogP contribution in [0.25, 0.3) is 0 Å². The Morgan fingerprint density at radius 1 is 1.33 bits per heavy atom. The first-order valence-electron chi connectivity index (χ1n) is 5.58. The van der Waals surface area contributed by atoms with E-state index >= 15 is 0 Å². The lowest BCUT2D eigenvalue weighted by Crippen LogP contribution is -2.30. The molecule has 0 aromatic heterocycles. The van der Waals surface area contributed by atoms with E-state index in [-0.39, 0.29) is 30.2 Å². The van der Waals surface area contributed by atoms with E-state index in [0.29, 0.717) is 6.54 Å². The maximum Gasteiger partial charge on any atom is 0.255 e. The second kappa shape index (κ2) is 6.58. The van der Waals surface area contributed by atoms with E-state index in [1.54, 1.807) is 6.92 Å². The number of carbonyl (C=O) groups is 2. The molecule has 2 amide bonds. The standard InChI is InChI=1S/C12H15FN2O3/c1-2-14-11(17)5-6-15-12(18)9-7-8(13)3-4-10(9)16/h3-4,7,16H,2,5-6H2,1H3,(H,14,17)(H,15,18). The molecule has 1 rings (SSSR count). The van der Waals surface area contributed by atoms with Gasteiger partial charge in [0.25, 0.3) is 5.91 Å². The first-order valence-corrected chi connectivity index (χ1v) is 5.58. The average molecular weight is 254 g/mol. The van der Waals surface area contributed by atoms with Crippen LogP contribution in [0.3, 0.4) is 0 Å². The van der Waals surface area contributed by atoms with Crippen LogP contribution >= 0.6 is 0 Å². The molecule has 18 heavy (non-hydrogen) atoms. The van der Waals surface area contributed by atoms with Crippen molar-refractivity contribution >= 4 is 11.8 Å². The highest BCUT2D eigenvalue weighted by atomic mass is 19.1. The number of hydrogen-bond acceptors (Lipinski definition) is 3. The van der Waals surface area contributed by atoms with Crippen molar-refractivity contribution in [2.75, 3.05) is 13.1 Å². The van der Waals surface area contributed by atoms with Crippen LogP contribution in [0.15, 0.2) is 18.2 Å². The molecule has 0 atom stereocenters. The lowest BCUT2D eigenvalue weighted by Gasteiger charge is -2.07. The van der Waals surface area contributed by atoms with Crippen molar-refractivity contribution in [1.82, 2.24) is 10.6 Å². The summed E-state index contributed by atoms with van der Waals surface area (Å²) in [4.78, 5) is 22.7. The van der Waals surface area contributed by atoms with Gasteiger partial charge in [-0.15, -0.1) is 0 Å². The molecular formula is C12H15FN2O3. The molecule has 1 aromatic rings. The maximum atomic E-state index is 12.9. The molecule has 0 saturated heterocycles. The van der Waals surface area contributed by atoms with Crippen molar-refractivity contribution in [2.45, 2.75) is 13.3 Å². The smallest absolute Gasteiger partial charge is 0.255 e. The fourth-order valence-corrected chi connectivity index (χ4v) is 1.36. The number of phenolic OH excluding ortho intramolecular Hbond substituents is 1. The van der Waals surface area contributed by atoms with Crippen LogP contribution in [0.2, 0.25) is 0 Å². The third-order valence-corrected chi connectivity index (χ3v) is 2.21. The molecule has 0 bridgehead atoms. The van der Waals surface area contributed by atoms with Crippen LogP contribution in [0.5, 0.6) is 5.75 Å². The van der Waals surface area contributed by atoms with E-state index < -0.39 is 11.7 Å². The SMILES string of the molecule is CCNC(=O)CCNC(=O)c1cc(F)ccc1O. The van der Waals surface area contributed by atoms with Gasteiger partial charge in [0.05, 0.1) is 5.56 Å². The Morgan fingerprint density at radius 2 is 2.06 bits per heavy atom. The molecule has 0 saturated carbocycles. The average Bonchev–Trinajstić information content (AvgIpc) is 2.32. The van der Waals surface area contributed by atoms with Gasteiger partial charge < -0.3 is 15.7 Å². The van der Waals surface area contributed by atoms with Gasteiger partial charge in [-0.3, -0.25) is 9.59 Å². The van der Waals surface area contributed by atoms with Gasteiger partial charge in [0.15, 0.2) is 0 Å². The number of carbonyl (C=O) groups excluding carboxylic acids is 2. The second-order valence-corrected chi connectivity index (χ2v) is 3.62. The molecule has 98 valence electrons. The minimum atomic E-state index is -0.615. The quantitative estimate of drug-likeness (QED) is 0.726. The Hall–Kier alpha value is -2.11. The lowest BCUT2D eigenvalue weighted by molar-refractivity contribution is -0.120. The molecular weight excluding hydrogens is 239 g/mol. The molecule has 0 aliphatic rings. The maximum absolute atomic E-state index is 12.9. The van der Waals surface area contributed by atoms with Crippen LogP contribution in [-0.4, -0.2) is 30.0 Å². The third-order valence-electron chi connectivity index (χ3n) is 2.21. The summed E-state index contributed by atoms with van der Waals surface area (Å²) in [5.41, 5.74) is -0.147. The van der Waals surface area contributed by atoms with Crippen LogP contribution in [-0.2, 0) is 4.79 Å². The number of rotatable bonds is 5. The van der Waals surface area contributed by atoms with Crippen LogP contribution < -0.4 is 10.6 Å². The van der Waals surface area contributed by atoms with Crippen molar-refractivity contribution in [3.63, 3.8) is 0 Å². The molecule has 0 heterocycles. The first-order chi connectivity index (χ1) is 8.54. The van der Waals surface area contributed by atoms with E-state index in [9.17, 15) is 19.1 Å². The Kier molecular flexibility index (Phi) is 5.10. The Labute approximate surface area is 104 Å². The van der Waals surface area contributed by atoms with Gasteiger partial charge in [-0.2, -0.15) is 0 Å². The van der Waals surface area contributed by atoms with Gasteiger partial charge in [0.1, 0.15) is 11.6 Å². The molecule has 0 fully saturated rings. The van der Waals surface area contributed by atoms with Gasteiger partial charge in [-0.1, -0.05) is 0 Å². The predicted octanol–water partition coefficient (Wildman–Crippen LogP) is 0.787. The minimum Gasteiger partial charge on any atom is -0.507 e. The number of nitrogens with one attached hydrogen (secondary N) is 2. The van der Waals surface area contributed by atoms with Crippen molar-refractivity contribution in [3.05, 3.63) is 29.6 Å². The minimum absolute atomic E-state index is 0.126. The third kappa shape index (κ3) is 4.04. The summed E-state index contributed by atoms with van der Waals surface area (Å²) in [6.07, 6.45) is 0.135. The molecule has 0 spiro atoms. The number of amides is 2. The Bertz CT molecular complexity index is 449. The van der Waals surface area contributed by atoms with Crippen molar-refractivity contribution in [2.24, 2.45) is 0 Å². The normalized spacial score (nSPS) is 9.89. The largest absolute Gasteiger partial charge is 0.507 e. The number of benzene rings is 1. The van der Waals surface area contributed by atoms with Crippen LogP contribution in [0.4, 0.5) is 4.39 Å². The highest BCUT2D eigenvalue weighted by Gasteiger charge is 2.12. The van der Waals surface area contributed by atoms with E-state index in [2.05, 4.69) is 10.6 Å². The monoisotopic (exact) mass is 254 g/mol. The predicted molar refractivity (Wildman–Crippen MR) is 63.7 cm³/mol. The highest BCUT2D eigenvalue weighted by Crippen LogP contribution is 2.17. The highest BCUT2D eigenvalue weighted by molar-refractivity contribution is 5.96. The van der Waals surface area contributed by atoms with Crippen molar-refractivity contribution < 1.29 is 19.1 Å². The number of phenols is 1. The van der Waals surface area contributed by atoms with Crippen LogP contribution in [0, 0.1) is 5.82 Å². The summed E-state index contributed by atoms with van der Waals surface area (Å²) in [5.74, 6) is -1.70. The number of halogens is 1. The van der Waals surface area contributed by atoms with Gasteiger partial charge in [-0.05, 0) is 25.1 Å². The molecule has 0 aliphatic heterocycles. The molecule has 0 unspecified atom stereocenters. The molecule has 0 aliphatic carbocycles.